The zero-order chi connectivity index (χ0) is 18.4. The molecule has 0 aliphatic carbocycles. The van der Waals surface area contributed by atoms with Crippen molar-refractivity contribution in [1.29, 1.82) is 0 Å². The molecule has 2 aromatic heterocycles. The Morgan fingerprint density at radius 3 is 2.67 bits per heavy atom. The number of hydrogen-bond acceptors (Lipinski definition) is 4. The van der Waals surface area contributed by atoms with Crippen molar-refractivity contribution in [2.24, 2.45) is 4.99 Å². The molecule has 3 aromatic rings. The number of aromatic nitrogens is 1. The number of benzene rings is 1. The van der Waals surface area contributed by atoms with E-state index in [0.29, 0.717) is 5.96 Å². The number of nitrogens with one attached hydrogen (secondary N) is 2. The van der Waals surface area contributed by atoms with E-state index < -0.39 is 6.10 Å². The van der Waals surface area contributed by atoms with E-state index in [-0.39, 0.29) is 36.6 Å². The van der Waals surface area contributed by atoms with Gasteiger partial charge in [-0.3, -0.25) is 9.98 Å². The molecule has 0 amide bonds. The lowest BCUT2D eigenvalue weighted by atomic mass is 10.1. The number of aliphatic imine (C=N–C) groups is 1. The van der Waals surface area contributed by atoms with Crippen LogP contribution in [0.3, 0.4) is 0 Å². The molecule has 0 aliphatic rings. The lowest BCUT2D eigenvalue weighted by Crippen LogP contribution is -2.39. The number of fused-ring (bicyclic) bond motifs is 1. The average molecular weight is 480 g/mol. The summed E-state index contributed by atoms with van der Waals surface area (Å²) in [7, 11) is 0. The van der Waals surface area contributed by atoms with Gasteiger partial charge in [-0.2, -0.15) is 0 Å². The third-order valence-electron chi connectivity index (χ3n) is 4.08. The number of rotatable bonds is 6. The van der Waals surface area contributed by atoms with Crippen LogP contribution in [0.15, 0.2) is 64.3 Å². The van der Waals surface area contributed by atoms with E-state index in [0.717, 1.165) is 28.8 Å². The van der Waals surface area contributed by atoms with E-state index in [1.54, 1.807) is 24.5 Å². The summed E-state index contributed by atoms with van der Waals surface area (Å²) in [4.78, 5) is 8.45. The molecule has 6 nitrogen and oxygen atoms in total. The molecular weight excluding hydrogens is 455 g/mol. The zero-order valence-corrected chi connectivity index (χ0v) is 17.8. The van der Waals surface area contributed by atoms with Gasteiger partial charge in [0.2, 0.25) is 0 Å². The molecule has 3 N–H and O–H groups in total. The topological polar surface area (TPSA) is 82.7 Å². The SMILES string of the molecule is CCNC(=NCC(O)c1ccncc1)NC(C)c1cc2ccccc2o1.I. The maximum Gasteiger partial charge on any atom is 0.191 e. The molecule has 0 saturated carbocycles. The summed E-state index contributed by atoms with van der Waals surface area (Å²) in [6.45, 7) is 5.00. The number of nitrogens with zero attached hydrogens (tertiary/aromatic N) is 2. The van der Waals surface area contributed by atoms with Gasteiger partial charge < -0.3 is 20.2 Å². The molecule has 3 rings (SSSR count). The number of guanidine groups is 1. The van der Waals surface area contributed by atoms with Crippen molar-refractivity contribution in [3.63, 3.8) is 0 Å². The number of aliphatic hydroxyl groups excluding tert-OH is 1. The molecule has 0 bridgehead atoms. The van der Waals surface area contributed by atoms with Gasteiger partial charge >= 0.3 is 0 Å². The second-order valence-corrected chi connectivity index (χ2v) is 6.07. The molecular formula is C20H25IN4O2. The quantitative estimate of drug-likeness (QED) is 0.284. The Morgan fingerprint density at radius 1 is 1.22 bits per heavy atom. The van der Waals surface area contributed by atoms with E-state index >= 15 is 0 Å². The van der Waals surface area contributed by atoms with Gasteiger partial charge in [0.05, 0.1) is 18.7 Å². The normalized spacial score (nSPS) is 13.7. The largest absolute Gasteiger partial charge is 0.459 e. The number of pyridine rings is 1. The molecule has 1 aromatic carbocycles. The highest BCUT2D eigenvalue weighted by atomic mass is 127. The molecule has 0 spiro atoms. The Balaban J connectivity index is 0.00000261. The molecule has 0 aliphatic heterocycles. The molecule has 27 heavy (non-hydrogen) atoms. The van der Waals surface area contributed by atoms with Gasteiger partial charge in [-0.1, -0.05) is 18.2 Å². The summed E-state index contributed by atoms with van der Waals surface area (Å²) < 4.78 is 5.90. The maximum absolute atomic E-state index is 10.3. The number of hydrogen-bond donors (Lipinski definition) is 3. The van der Waals surface area contributed by atoms with Crippen LogP contribution in [-0.4, -0.2) is 29.1 Å². The van der Waals surface area contributed by atoms with Crippen LogP contribution in [0, 0.1) is 0 Å². The predicted molar refractivity (Wildman–Crippen MR) is 118 cm³/mol. The second kappa shape index (κ2) is 10.3. The van der Waals surface area contributed by atoms with Crippen molar-refractivity contribution >= 4 is 40.9 Å². The zero-order valence-electron chi connectivity index (χ0n) is 15.4. The Hall–Kier alpha value is -2.13. The van der Waals surface area contributed by atoms with Gasteiger partial charge in [-0.15, -0.1) is 24.0 Å². The molecule has 2 atom stereocenters. The molecule has 144 valence electrons. The van der Waals surface area contributed by atoms with Crippen LogP contribution in [-0.2, 0) is 0 Å². The first-order valence-electron chi connectivity index (χ1n) is 8.78. The summed E-state index contributed by atoms with van der Waals surface area (Å²) in [5, 5.41) is 17.9. The second-order valence-electron chi connectivity index (χ2n) is 6.07. The van der Waals surface area contributed by atoms with E-state index in [2.05, 4.69) is 20.6 Å². The maximum atomic E-state index is 10.3. The molecule has 2 unspecified atom stereocenters. The van der Waals surface area contributed by atoms with Gasteiger partial charge in [0.15, 0.2) is 5.96 Å². The third-order valence-corrected chi connectivity index (χ3v) is 4.08. The van der Waals surface area contributed by atoms with E-state index in [1.807, 2.05) is 44.2 Å². The summed E-state index contributed by atoms with van der Waals surface area (Å²) in [5.41, 5.74) is 1.66. The van der Waals surface area contributed by atoms with Crippen LogP contribution in [0.5, 0.6) is 0 Å². The van der Waals surface area contributed by atoms with Crippen molar-refractivity contribution in [3.05, 3.63) is 66.2 Å². The minimum absolute atomic E-state index is 0. The first kappa shape index (κ1) is 21.2. The Kier molecular flexibility index (Phi) is 8.05. The summed E-state index contributed by atoms with van der Waals surface area (Å²) >= 11 is 0. The number of aliphatic hydroxyl groups is 1. The van der Waals surface area contributed by atoms with Crippen LogP contribution in [0.1, 0.15) is 37.3 Å². The third kappa shape index (κ3) is 5.67. The van der Waals surface area contributed by atoms with E-state index in [4.69, 9.17) is 4.42 Å². The lowest BCUT2D eigenvalue weighted by Gasteiger charge is -2.17. The Bertz CT molecular complexity index is 834. The minimum Gasteiger partial charge on any atom is -0.459 e. The lowest BCUT2D eigenvalue weighted by molar-refractivity contribution is 0.187. The molecule has 0 fully saturated rings. The standard InChI is InChI=1S/C20H24N4O2.HI/c1-3-22-20(23-13-17(25)15-8-10-21-11-9-15)24-14(2)19-12-16-6-4-5-7-18(16)26-19;/h4-12,14,17,25H,3,13H2,1-2H3,(H2,22,23,24);1H. The Labute approximate surface area is 176 Å². The highest BCUT2D eigenvalue weighted by Crippen LogP contribution is 2.23. The van der Waals surface area contributed by atoms with Crippen molar-refractivity contribution in [2.45, 2.75) is 26.0 Å². The van der Waals surface area contributed by atoms with Crippen molar-refractivity contribution in [2.75, 3.05) is 13.1 Å². The summed E-state index contributed by atoms with van der Waals surface area (Å²) in [6, 6.07) is 13.5. The van der Waals surface area contributed by atoms with Gasteiger partial charge in [0.25, 0.3) is 0 Å². The number of para-hydroxylation sites is 1. The van der Waals surface area contributed by atoms with Crippen molar-refractivity contribution in [3.8, 4) is 0 Å². The smallest absolute Gasteiger partial charge is 0.191 e. The molecule has 7 heteroatoms. The summed E-state index contributed by atoms with van der Waals surface area (Å²) in [5.74, 6) is 1.47. The fourth-order valence-corrected chi connectivity index (χ4v) is 2.68. The van der Waals surface area contributed by atoms with E-state index in [1.165, 1.54) is 0 Å². The summed E-state index contributed by atoms with van der Waals surface area (Å²) in [6.07, 6.45) is 2.65. The van der Waals surface area contributed by atoms with Gasteiger partial charge in [-0.05, 0) is 43.7 Å². The first-order chi connectivity index (χ1) is 12.7. The van der Waals surface area contributed by atoms with Crippen LogP contribution in [0.25, 0.3) is 11.0 Å². The van der Waals surface area contributed by atoms with Crippen LogP contribution in [0.2, 0.25) is 0 Å². The number of halogens is 1. The monoisotopic (exact) mass is 480 g/mol. The predicted octanol–water partition coefficient (Wildman–Crippen LogP) is 3.80. The van der Waals surface area contributed by atoms with Gasteiger partial charge in [-0.25, -0.2) is 0 Å². The highest BCUT2D eigenvalue weighted by Gasteiger charge is 2.14. The highest BCUT2D eigenvalue weighted by molar-refractivity contribution is 14.0. The van der Waals surface area contributed by atoms with Crippen LogP contribution >= 0.6 is 24.0 Å². The number of furan rings is 1. The van der Waals surface area contributed by atoms with Crippen molar-refractivity contribution in [1.82, 2.24) is 15.6 Å². The van der Waals surface area contributed by atoms with Crippen LogP contribution in [0.4, 0.5) is 0 Å². The average Bonchev–Trinajstić information content (AvgIpc) is 3.11. The minimum atomic E-state index is -0.671. The molecule has 2 heterocycles. The Morgan fingerprint density at radius 2 is 1.96 bits per heavy atom. The van der Waals surface area contributed by atoms with Crippen molar-refractivity contribution < 1.29 is 9.52 Å². The first-order valence-corrected chi connectivity index (χ1v) is 8.78. The van der Waals surface area contributed by atoms with Crippen LogP contribution < -0.4 is 10.6 Å². The molecule has 0 saturated heterocycles. The van der Waals surface area contributed by atoms with Gasteiger partial charge in [0, 0.05) is 24.3 Å². The van der Waals surface area contributed by atoms with E-state index in [9.17, 15) is 5.11 Å². The fraction of sp³-hybridized carbons (Fsp3) is 0.300. The fourth-order valence-electron chi connectivity index (χ4n) is 2.68. The van der Waals surface area contributed by atoms with Gasteiger partial charge in [0.1, 0.15) is 11.3 Å². The molecule has 0 radical (unpaired) electrons.